The molecule has 116 valence electrons. The average molecular weight is 308 g/mol. The molecule has 2 N–H and O–H groups in total. The van der Waals surface area contributed by atoms with E-state index < -0.39 is 0 Å². The first-order chi connectivity index (χ1) is 11.3. The number of hydrogen-bond acceptors (Lipinski definition) is 7. The van der Waals surface area contributed by atoms with Crippen molar-refractivity contribution in [1.82, 2.24) is 20.2 Å². The molecule has 0 fully saturated rings. The Hall–Kier alpha value is -3.22. The Bertz CT molecular complexity index is 765. The fourth-order valence-corrected chi connectivity index (χ4v) is 1.99. The van der Waals surface area contributed by atoms with Crippen molar-refractivity contribution in [2.75, 3.05) is 17.7 Å². The molecule has 3 rings (SSSR count). The lowest BCUT2D eigenvalue weighted by Crippen LogP contribution is -2.06. The quantitative estimate of drug-likeness (QED) is 0.724. The number of ether oxygens (including phenoxy) is 1. The predicted octanol–water partition coefficient (Wildman–Crippen LogP) is 2.63. The van der Waals surface area contributed by atoms with Crippen LogP contribution in [0.25, 0.3) is 0 Å². The van der Waals surface area contributed by atoms with E-state index in [0.29, 0.717) is 24.1 Å². The summed E-state index contributed by atoms with van der Waals surface area (Å²) < 4.78 is 5.29. The highest BCUT2D eigenvalue weighted by Gasteiger charge is 2.05. The predicted molar refractivity (Wildman–Crippen MR) is 87.7 cm³/mol. The van der Waals surface area contributed by atoms with Crippen molar-refractivity contribution in [3.63, 3.8) is 0 Å². The van der Waals surface area contributed by atoms with Crippen molar-refractivity contribution in [2.24, 2.45) is 0 Å². The molecule has 1 aromatic carbocycles. The Morgan fingerprint density at radius 1 is 1.09 bits per heavy atom. The fourth-order valence-electron chi connectivity index (χ4n) is 1.99. The summed E-state index contributed by atoms with van der Waals surface area (Å²) in [4.78, 5) is 8.63. The Labute approximate surface area is 133 Å². The van der Waals surface area contributed by atoms with Crippen molar-refractivity contribution in [2.45, 2.75) is 6.54 Å². The first-order valence-corrected chi connectivity index (χ1v) is 7.09. The molecule has 0 aliphatic heterocycles. The van der Waals surface area contributed by atoms with Crippen LogP contribution in [0.2, 0.25) is 0 Å². The Kier molecular flexibility index (Phi) is 4.58. The van der Waals surface area contributed by atoms with E-state index in [-0.39, 0.29) is 0 Å². The Morgan fingerprint density at radius 2 is 1.96 bits per heavy atom. The largest absolute Gasteiger partial charge is 0.495 e. The highest BCUT2D eigenvalue weighted by Crippen LogP contribution is 2.25. The molecule has 0 aliphatic rings. The summed E-state index contributed by atoms with van der Waals surface area (Å²) in [5.41, 5.74) is 1.70. The van der Waals surface area contributed by atoms with Crippen LogP contribution in [0.3, 0.4) is 0 Å². The van der Waals surface area contributed by atoms with Crippen molar-refractivity contribution in [1.29, 1.82) is 0 Å². The van der Waals surface area contributed by atoms with Crippen LogP contribution in [0, 0.1) is 0 Å². The molecule has 7 nitrogen and oxygen atoms in total. The topological polar surface area (TPSA) is 84.9 Å². The molecule has 0 saturated heterocycles. The molecule has 7 heteroatoms. The van der Waals surface area contributed by atoms with Crippen molar-refractivity contribution in [3.8, 4) is 5.75 Å². The third-order valence-corrected chi connectivity index (χ3v) is 3.09. The zero-order valence-electron chi connectivity index (χ0n) is 12.6. The van der Waals surface area contributed by atoms with Gasteiger partial charge >= 0.3 is 0 Å². The lowest BCUT2D eigenvalue weighted by atomic mass is 10.3. The van der Waals surface area contributed by atoms with Gasteiger partial charge in [0.25, 0.3) is 0 Å². The van der Waals surface area contributed by atoms with Crippen LogP contribution in [0.5, 0.6) is 5.75 Å². The maximum absolute atomic E-state index is 5.29. The maximum Gasteiger partial charge on any atom is 0.249 e. The van der Waals surface area contributed by atoms with Crippen molar-refractivity contribution < 1.29 is 4.74 Å². The van der Waals surface area contributed by atoms with Gasteiger partial charge in [-0.15, -0.1) is 5.10 Å². The molecule has 2 aromatic heterocycles. The van der Waals surface area contributed by atoms with Gasteiger partial charge in [-0.1, -0.05) is 18.2 Å². The normalized spacial score (nSPS) is 10.1. The van der Waals surface area contributed by atoms with Crippen LogP contribution in [-0.2, 0) is 6.54 Å². The highest BCUT2D eigenvalue weighted by atomic mass is 16.5. The number of pyridine rings is 1. The van der Waals surface area contributed by atoms with Crippen molar-refractivity contribution >= 4 is 17.5 Å². The lowest BCUT2D eigenvalue weighted by molar-refractivity contribution is 0.417. The monoisotopic (exact) mass is 308 g/mol. The molecule has 0 spiro atoms. The van der Waals surface area contributed by atoms with E-state index in [1.54, 1.807) is 19.5 Å². The van der Waals surface area contributed by atoms with E-state index in [0.717, 1.165) is 11.4 Å². The maximum atomic E-state index is 5.29. The fraction of sp³-hybridized carbons (Fsp3) is 0.125. The van der Waals surface area contributed by atoms with Crippen molar-refractivity contribution in [3.05, 3.63) is 60.6 Å². The average Bonchev–Trinajstić information content (AvgIpc) is 2.62. The first-order valence-electron chi connectivity index (χ1n) is 7.09. The number of benzene rings is 1. The van der Waals surface area contributed by atoms with E-state index in [9.17, 15) is 0 Å². The standard InChI is InChI=1S/C16H16N6O/c1-23-14-8-3-2-7-13(14)20-16-21-15(11-19-22-16)18-10-12-6-4-5-9-17-12/h2-9,11H,10H2,1H3,(H2,18,20,21,22). The minimum absolute atomic E-state index is 0.389. The van der Waals surface area contributed by atoms with Gasteiger partial charge in [-0.2, -0.15) is 10.1 Å². The van der Waals surface area contributed by atoms with Gasteiger partial charge in [0, 0.05) is 6.20 Å². The number of para-hydroxylation sites is 2. The Balaban J connectivity index is 1.70. The smallest absolute Gasteiger partial charge is 0.249 e. The second-order valence-corrected chi connectivity index (χ2v) is 4.67. The number of anilines is 3. The third-order valence-electron chi connectivity index (χ3n) is 3.09. The molecule has 0 saturated carbocycles. The van der Waals surface area contributed by atoms with E-state index in [1.165, 1.54) is 0 Å². The molecule has 0 unspecified atom stereocenters. The van der Waals surface area contributed by atoms with Crippen LogP contribution in [0.1, 0.15) is 5.69 Å². The van der Waals surface area contributed by atoms with Gasteiger partial charge in [-0.25, -0.2) is 0 Å². The highest BCUT2D eigenvalue weighted by molar-refractivity contribution is 5.62. The molecule has 2 heterocycles. The SMILES string of the molecule is COc1ccccc1Nc1nncc(NCc2ccccn2)n1. The summed E-state index contributed by atoms with van der Waals surface area (Å²) in [6, 6.07) is 13.3. The number of nitrogens with zero attached hydrogens (tertiary/aromatic N) is 4. The molecule has 0 aliphatic carbocycles. The number of hydrogen-bond donors (Lipinski definition) is 2. The number of aromatic nitrogens is 4. The van der Waals surface area contributed by atoms with E-state index in [2.05, 4.69) is 30.8 Å². The second-order valence-electron chi connectivity index (χ2n) is 4.67. The summed E-state index contributed by atoms with van der Waals surface area (Å²) in [6.45, 7) is 0.563. The number of nitrogens with one attached hydrogen (secondary N) is 2. The lowest BCUT2D eigenvalue weighted by Gasteiger charge is -2.10. The van der Waals surface area contributed by atoms with Crippen LogP contribution < -0.4 is 15.4 Å². The zero-order valence-corrected chi connectivity index (χ0v) is 12.6. The van der Waals surface area contributed by atoms with Gasteiger partial charge in [-0.3, -0.25) is 4.98 Å². The molecular weight excluding hydrogens is 292 g/mol. The molecule has 0 radical (unpaired) electrons. The van der Waals surface area contributed by atoms with Gasteiger partial charge in [-0.05, 0) is 24.3 Å². The number of methoxy groups -OCH3 is 1. The van der Waals surface area contributed by atoms with Crippen LogP contribution in [0.15, 0.2) is 54.9 Å². The molecule has 0 amide bonds. The van der Waals surface area contributed by atoms with Gasteiger partial charge in [0.2, 0.25) is 5.95 Å². The summed E-state index contributed by atoms with van der Waals surface area (Å²) in [6.07, 6.45) is 3.32. The van der Waals surface area contributed by atoms with E-state index >= 15 is 0 Å². The number of rotatable bonds is 6. The van der Waals surface area contributed by atoms with Crippen LogP contribution in [-0.4, -0.2) is 27.3 Å². The van der Waals surface area contributed by atoms with E-state index in [1.807, 2.05) is 42.5 Å². The Morgan fingerprint density at radius 3 is 2.78 bits per heavy atom. The summed E-state index contributed by atoms with van der Waals surface area (Å²) >= 11 is 0. The van der Waals surface area contributed by atoms with E-state index in [4.69, 9.17) is 4.74 Å². The van der Waals surface area contributed by atoms with Crippen LogP contribution >= 0.6 is 0 Å². The molecule has 23 heavy (non-hydrogen) atoms. The molecular formula is C16H16N6O. The summed E-state index contributed by atoms with van der Waals surface area (Å²) in [5.74, 6) is 1.71. The molecule has 3 aromatic rings. The molecule has 0 bridgehead atoms. The summed E-state index contributed by atoms with van der Waals surface area (Å²) in [7, 11) is 1.62. The van der Waals surface area contributed by atoms with Gasteiger partial charge in [0.15, 0.2) is 5.82 Å². The zero-order chi connectivity index (χ0) is 15.9. The third kappa shape index (κ3) is 3.91. The van der Waals surface area contributed by atoms with Gasteiger partial charge in [0.1, 0.15) is 5.75 Å². The van der Waals surface area contributed by atoms with Gasteiger partial charge < -0.3 is 15.4 Å². The molecule has 0 atom stereocenters. The van der Waals surface area contributed by atoms with Crippen LogP contribution in [0.4, 0.5) is 17.5 Å². The van der Waals surface area contributed by atoms with Gasteiger partial charge in [0.05, 0.1) is 31.2 Å². The summed E-state index contributed by atoms with van der Waals surface area (Å²) in [5, 5.41) is 14.2. The second kappa shape index (κ2) is 7.17. The minimum Gasteiger partial charge on any atom is -0.495 e. The minimum atomic E-state index is 0.389. The first kappa shape index (κ1) is 14.7.